The van der Waals surface area contributed by atoms with Crippen LogP contribution in [0.25, 0.3) is 0 Å². The van der Waals surface area contributed by atoms with E-state index in [9.17, 15) is 4.79 Å². The third kappa shape index (κ3) is 2.69. The average molecular weight is 246 g/mol. The number of alkyl carbamates (subject to hydrolysis) is 1. The number of hydrogen-bond donors (Lipinski definition) is 1. The fraction of sp³-hybridized carbons (Fsp3) is 0.417. The molecule has 1 aliphatic heterocycles. The molecule has 0 bridgehead atoms. The molecule has 0 radical (unpaired) electrons. The molecule has 2 rings (SSSR count). The maximum Gasteiger partial charge on any atom is 0.407 e. The highest BCUT2D eigenvalue weighted by Gasteiger charge is 2.25. The van der Waals surface area contributed by atoms with Crippen molar-refractivity contribution < 1.29 is 9.53 Å². The first kappa shape index (κ1) is 12.2. The van der Waals surface area contributed by atoms with Gasteiger partial charge in [0, 0.05) is 13.1 Å². The van der Waals surface area contributed by atoms with Crippen molar-refractivity contribution in [2.24, 2.45) is 0 Å². The molecule has 1 unspecified atom stereocenters. The van der Waals surface area contributed by atoms with E-state index in [1.54, 1.807) is 6.07 Å². The third-order valence-electron chi connectivity index (χ3n) is 2.87. The second-order valence-corrected chi connectivity index (χ2v) is 4.06. The molecule has 0 saturated carbocycles. The van der Waals surface area contributed by atoms with Crippen molar-refractivity contribution >= 4 is 11.9 Å². The summed E-state index contributed by atoms with van der Waals surface area (Å²) in [4.78, 5) is 17.4. The molecule has 1 atom stereocenters. The molecule has 1 N–H and O–H groups in total. The van der Waals surface area contributed by atoms with Crippen molar-refractivity contribution in [3.05, 3.63) is 23.9 Å². The van der Waals surface area contributed by atoms with E-state index in [2.05, 4.69) is 15.0 Å². The lowest BCUT2D eigenvalue weighted by Crippen LogP contribution is -2.37. The minimum Gasteiger partial charge on any atom is -0.453 e. The lowest BCUT2D eigenvalue weighted by atomic mass is 10.3. The molecule has 1 aliphatic rings. The molecular formula is C12H14N4O2. The Hall–Kier alpha value is -2.29. The summed E-state index contributed by atoms with van der Waals surface area (Å²) < 4.78 is 4.56. The van der Waals surface area contributed by atoms with Crippen LogP contribution < -0.4 is 10.2 Å². The van der Waals surface area contributed by atoms with Crippen LogP contribution in [-0.2, 0) is 4.74 Å². The second-order valence-electron chi connectivity index (χ2n) is 4.06. The van der Waals surface area contributed by atoms with E-state index in [0.717, 1.165) is 18.8 Å². The van der Waals surface area contributed by atoms with Crippen LogP contribution in [0.15, 0.2) is 18.2 Å². The molecule has 0 aromatic carbocycles. The van der Waals surface area contributed by atoms with Crippen LogP contribution in [0.3, 0.4) is 0 Å². The Bertz CT molecular complexity index is 483. The van der Waals surface area contributed by atoms with E-state index in [-0.39, 0.29) is 6.04 Å². The standard InChI is InChI=1S/C12H14N4O2/c1-18-12(17)15-10-5-6-16(8-10)11-4-2-3-9(7-13)14-11/h2-4,10H,5-6,8H2,1H3,(H,15,17). The maximum atomic E-state index is 11.1. The van der Waals surface area contributed by atoms with Crippen LogP contribution >= 0.6 is 0 Å². The molecule has 0 aliphatic carbocycles. The van der Waals surface area contributed by atoms with Gasteiger partial charge in [-0.15, -0.1) is 0 Å². The Morgan fingerprint density at radius 1 is 1.67 bits per heavy atom. The number of aromatic nitrogens is 1. The number of anilines is 1. The van der Waals surface area contributed by atoms with Crippen molar-refractivity contribution in [1.82, 2.24) is 10.3 Å². The highest BCUT2D eigenvalue weighted by Crippen LogP contribution is 2.18. The minimum atomic E-state index is -0.416. The number of nitriles is 1. The number of carbonyl (C=O) groups is 1. The summed E-state index contributed by atoms with van der Waals surface area (Å²) >= 11 is 0. The third-order valence-corrected chi connectivity index (χ3v) is 2.87. The molecule has 94 valence electrons. The molecular weight excluding hydrogens is 232 g/mol. The maximum absolute atomic E-state index is 11.1. The zero-order valence-electron chi connectivity index (χ0n) is 10.1. The van der Waals surface area contributed by atoms with E-state index in [1.165, 1.54) is 7.11 Å². The van der Waals surface area contributed by atoms with Crippen LogP contribution in [0.4, 0.5) is 10.6 Å². The zero-order valence-corrected chi connectivity index (χ0v) is 10.1. The first-order valence-corrected chi connectivity index (χ1v) is 5.69. The van der Waals surface area contributed by atoms with Gasteiger partial charge in [-0.2, -0.15) is 5.26 Å². The fourth-order valence-corrected chi connectivity index (χ4v) is 1.97. The molecule has 1 fully saturated rings. The number of nitrogens with zero attached hydrogens (tertiary/aromatic N) is 3. The lowest BCUT2D eigenvalue weighted by Gasteiger charge is -2.17. The molecule has 2 heterocycles. The van der Waals surface area contributed by atoms with Gasteiger partial charge in [0.15, 0.2) is 0 Å². The van der Waals surface area contributed by atoms with E-state index in [0.29, 0.717) is 12.2 Å². The van der Waals surface area contributed by atoms with Crippen molar-refractivity contribution in [2.75, 3.05) is 25.1 Å². The van der Waals surface area contributed by atoms with Crippen molar-refractivity contribution in [2.45, 2.75) is 12.5 Å². The smallest absolute Gasteiger partial charge is 0.407 e. The number of methoxy groups -OCH3 is 1. The van der Waals surface area contributed by atoms with Gasteiger partial charge in [-0.05, 0) is 18.6 Å². The highest BCUT2D eigenvalue weighted by atomic mass is 16.5. The first-order valence-electron chi connectivity index (χ1n) is 5.69. The van der Waals surface area contributed by atoms with Crippen LogP contribution in [0, 0.1) is 11.3 Å². The summed E-state index contributed by atoms with van der Waals surface area (Å²) in [6, 6.07) is 7.42. The van der Waals surface area contributed by atoms with E-state index >= 15 is 0 Å². The van der Waals surface area contributed by atoms with Crippen molar-refractivity contribution in [3.63, 3.8) is 0 Å². The predicted molar refractivity (Wildman–Crippen MR) is 65.1 cm³/mol. The average Bonchev–Trinajstić information content (AvgIpc) is 2.87. The normalized spacial score (nSPS) is 18.2. The van der Waals surface area contributed by atoms with Gasteiger partial charge in [0.2, 0.25) is 0 Å². The molecule has 6 nitrogen and oxygen atoms in total. The second kappa shape index (κ2) is 5.36. The van der Waals surface area contributed by atoms with E-state index < -0.39 is 6.09 Å². The summed E-state index contributed by atoms with van der Waals surface area (Å²) in [7, 11) is 1.35. The van der Waals surface area contributed by atoms with Gasteiger partial charge in [-0.1, -0.05) is 6.07 Å². The molecule has 1 aromatic rings. The van der Waals surface area contributed by atoms with E-state index in [1.807, 2.05) is 23.1 Å². The number of hydrogen-bond acceptors (Lipinski definition) is 5. The van der Waals surface area contributed by atoms with Gasteiger partial charge >= 0.3 is 6.09 Å². The highest BCUT2D eigenvalue weighted by molar-refractivity contribution is 5.67. The van der Waals surface area contributed by atoms with Gasteiger partial charge in [0.05, 0.1) is 13.2 Å². The SMILES string of the molecule is COC(=O)NC1CCN(c2cccc(C#N)n2)C1. The molecule has 1 saturated heterocycles. The van der Waals surface area contributed by atoms with Crippen LogP contribution in [-0.4, -0.2) is 37.3 Å². The Kier molecular flexibility index (Phi) is 3.63. The molecule has 18 heavy (non-hydrogen) atoms. The minimum absolute atomic E-state index is 0.0602. The van der Waals surface area contributed by atoms with Gasteiger partial charge < -0.3 is 15.0 Å². The van der Waals surface area contributed by atoms with Crippen molar-refractivity contribution in [3.8, 4) is 6.07 Å². The number of pyridine rings is 1. The van der Waals surface area contributed by atoms with Gasteiger partial charge in [-0.3, -0.25) is 0 Å². The molecule has 6 heteroatoms. The number of ether oxygens (including phenoxy) is 1. The molecule has 0 spiro atoms. The molecule has 1 amide bonds. The monoisotopic (exact) mass is 246 g/mol. The van der Waals surface area contributed by atoms with Crippen LogP contribution in [0.1, 0.15) is 12.1 Å². The quantitative estimate of drug-likeness (QED) is 0.838. The number of nitrogens with one attached hydrogen (secondary N) is 1. The number of amides is 1. The lowest BCUT2D eigenvalue weighted by molar-refractivity contribution is 0.167. The Balaban J connectivity index is 2.00. The van der Waals surface area contributed by atoms with Crippen LogP contribution in [0.2, 0.25) is 0 Å². The molecule has 1 aromatic heterocycles. The summed E-state index contributed by atoms with van der Waals surface area (Å²) in [5.74, 6) is 0.767. The summed E-state index contributed by atoms with van der Waals surface area (Å²) in [6.45, 7) is 1.48. The first-order chi connectivity index (χ1) is 8.72. The fourth-order valence-electron chi connectivity index (χ4n) is 1.97. The van der Waals surface area contributed by atoms with Crippen molar-refractivity contribution in [1.29, 1.82) is 5.26 Å². The topological polar surface area (TPSA) is 78.2 Å². The van der Waals surface area contributed by atoms with Gasteiger partial charge in [-0.25, -0.2) is 9.78 Å². The Morgan fingerprint density at radius 2 is 2.50 bits per heavy atom. The van der Waals surface area contributed by atoms with Gasteiger partial charge in [0.1, 0.15) is 17.6 Å². The number of carbonyl (C=O) groups excluding carboxylic acids is 1. The summed E-state index contributed by atoms with van der Waals surface area (Å²) in [6.07, 6.45) is 0.425. The Labute approximate surface area is 105 Å². The summed E-state index contributed by atoms with van der Waals surface area (Å²) in [5, 5.41) is 11.6. The number of rotatable bonds is 2. The summed E-state index contributed by atoms with van der Waals surface area (Å²) in [5.41, 5.74) is 0.400. The Morgan fingerprint density at radius 3 is 3.22 bits per heavy atom. The van der Waals surface area contributed by atoms with Crippen LogP contribution in [0.5, 0.6) is 0 Å². The zero-order chi connectivity index (χ0) is 13.0. The predicted octanol–water partition coefficient (Wildman–Crippen LogP) is 0.888. The van der Waals surface area contributed by atoms with Gasteiger partial charge in [0.25, 0.3) is 0 Å². The van der Waals surface area contributed by atoms with E-state index in [4.69, 9.17) is 5.26 Å². The largest absolute Gasteiger partial charge is 0.453 e.